The average molecular weight is 449 g/mol. The van der Waals surface area contributed by atoms with Crippen molar-refractivity contribution < 1.29 is 40.4 Å². The largest absolute Gasteiger partial charge is 0.534 e. The quantitative estimate of drug-likeness (QED) is 0.543. The number of anilines is 1. The number of aromatic carboxylic acids is 1. The van der Waals surface area contributed by atoms with Gasteiger partial charge in [0.25, 0.3) is 5.88 Å². The van der Waals surface area contributed by atoms with Crippen LogP contribution in [-0.4, -0.2) is 54.7 Å². The molecule has 1 unspecified atom stereocenters. The fraction of sp³-hybridized carbons (Fsp3) is 0.471. The molecule has 0 amide bonds. The Bertz CT molecular complexity index is 1120. The molecule has 2 heterocycles. The number of hydrogen-bond acceptors (Lipinski definition) is 8. The van der Waals surface area contributed by atoms with Gasteiger partial charge in [-0.2, -0.15) is 21.6 Å². The molecule has 0 aliphatic carbocycles. The number of rotatable bonds is 5. The average Bonchev–Trinajstić information content (AvgIpc) is 3.05. The van der Waals surface area contributed by atoms with E-state index >= 15 is 0 Å². The maximum atomic E-state index is 12.9. The SMILES string of the molecule is COc1cc2nc(OS(=O)(=O)C(F)(F)F)c(N3CCCC3C)nc2c(C)c1C(=O)O. The van der Waals surface area contributed by atoms with Crippen molar-refractivity contribution in [1.29, 1.82) is 0 Å². The van der Waals surface area contributed by atoms with E-state index < -0.39 is 27.5 Å². The fourth-order valence-corrected chi connectivity index (χ4v) is 3.78. The van der Waals surface area contributed by atoms with Crippen molar-refractivity contribution >= 4 is 32.9 Å². The van der Waals surface area contributed by atoms with Crippen molar-refractivity contribution in [1.82, 2.24) is 9.97 Å². The Balaban J connectivity index is 2.31. The maximum absolute atomic E-state index is 12.9. The number of carboxylic acid groups (broad SMARTS) is 1. The molecule has 1 aliphatic heterocycles. The summed E-state index contributed by atoms with van der Waals surface area (Å²) in [6.07, 6.45) is 1.40. The van der Waals surface area contributed by atoms with Crippen molar-refractivity contribution in [2.24, 2.45) is 0 Å². The van der Waals surface area contributed by atoms with Crippen LogP contribution in [0.5, 0.6) is 11.6 Å². The van der Waals surface area contributed by atoms with Crippen molar-refractivity contribution in [2.75, 3.05) is 18.6 Å². The van der Waals surface area contributed by atoms with Crippen LogP contribution < -0.4 is 13.8 Å². The number of fused-ring (bicyclic) bond motifs is 1. The number of ether oxygens (including phenoxy) is 1. The zero-order chi connectivity index (χ0) is 22.4. The van der Waals surface area contributed by atoms with E-state index in [1.54, 1.807) is 11.8 Å². The highest BCUT2D eigenvalue weighted by atomic mass is 32.2. The Hall–Kier alpha value is -2.83. The molecule has 2 aromatic rings. The van der Waals surface area contributed by atoms with Crippen molar-refractivity contribution in [2.45, 2.75) is 38.2 Å². The van der Waals surface area contributed by atoms with Crippen LogP contribution in [0.25, 0.3) is 11.0 Å². The molecular formula is C17H18F3N3O6S. The third-order valence-electron chi connectivity index (χ3n) is 4.85. The summed E-state index contributed by atoms with van der Waals surface area (Å²) < 4.78 is 71.2. The molecule has 0 spiro atoms. The van der Waals surface area contributed by atoms with Crippen molar-refractivity contribution in [3.05, 3.63) is 17.2 Å². The zero-order valence-electron chi connectivity index (χ0n) is 16.1. The molecule has 1 N–H and O–H groups in total. The molecule has 0 radical (unpaired) electrons. The van der Waals surface area contributed by atoms with Crippen LogP contribution >= 0.6 is 0 Å². The Morgan fingerprint density at radius 3 is 2.50 bits per heavy atom. The Labute approximate surface area is 169 Å². The lowest BCUT2D eigenvalue weighted by Gasteiger charge is -2.25. The van der Waals surface area contributed by atoms with Gasteiger partial charge in [0.15, 0.2) is 5.82 Å². The summed E-state index contributed by atoms with van der Waals surface area (Å²) >= 11 is 0. The van der Waals surface area contributed by atoms with Crippen LogP contribution in [0, 0.1) is 6.92 Å². The van der Waals surface area contributed by atoms with E-state index in [1.807, 2.05) is 0 Å². The molecule has 13 heteroatoms. The van der Waals surface area contributed by atoms with Crippen LogP contribution in [0.4, 0.5) is 19.0 Å². The molecule has 1 saturated heterocycles. The minimum atomic E-state index is -5.99. The number of halogens is 3. The van der Waals surface area contributed by atoms with Gasteiger partial charge in [-0.1, -0.05) is 0 Å². The number of aryl methyl sites for hydroxylation is 1. The Morgan fingerprint density at radius 1 is 1.33 bits per heavy atom. The second-order valence-electron chi connectivity index (χ2n) is 6.77. The van der Waals surface area contributed by atoms with Gasteiger partial charge in [0, 0.05) is 18.7 Å². The molecule has 1 atom stereocenters. The molecule has 1 aliphatic rings. The van der Waals surface area contributed by atoms with Gasteiger partial charge in [0.05, 0.1) is 18.1 Å². The van der Waals surface area contributed by atoms with Gasteiger partial charge >= 0.3 is 21.6 Å². The molecule has 3 rings (SSSR count). The number of hydrogen-bond donors (Lipinski definition) is 1. The summed E-state index contributed by atoms with van der Waals surface area (Å²) in [5.41, 5.74) is -5.66. The molecule has 1 fully saturated rings. The highest BCUT2D eigenvalue weighted by Gasteiger charge is 2.49. The predicted octanol–water partition coefficient (Wildman–Crippen LogP) is 2.86. The van der Waals surface area contributed by atoms with Crippen LogP contribution in [0.2, 0.25) is 0 Å². The number of carboxylic acids is 1. The van der Waals surface area contributed by atoms with E-state index in [2.05, 4.69) is 14.2 Å². The summed E-state index contributed by atoms with van der Waals surface area (Å²) in [6.45, 7) is 3.64. The van der Waals surface area contributed by atoms with E-state index in [9.17, 15) is 31.5 Å². The molecule has 0 saturated carbocycles. The Kier molecular flexibility index (Phi) is 5.43. The normalized spacial score (nSPS) is 17.4. The number of aromatic nitrogens is 2. The summed E-state index contributed by atoms with van der Waals surface area (Å²) in [7, 11) is -4.78. The predicted molar refractivity (Wildman–Crippen MR) is 99.4 cm³/mol. The minimum absolute atomic E-state index is 0.0719. The van der Waals surface area contributed by atoms with E-state index in [0.29, 0.717) is 19.4 Å². The molecule has 1 aromatic heterocycles. The highest BCUT2D eigenvalue weighted by molar-refractivity contribution is 7.88. The number of benzene rings is 1. The van der Waals surface area contributed by atoms with E-state index in [4.69, 9.17) is 4.74 Å². The fourth-order valence-electron chi connectivity index (χ4n) is 3.37. The first-order valence-electron chi connectivity index (χ1n) is 8.77. The molecular weight excluding hydrogens is 431 g/mol. The minimum Gasteiger partial charge on any atom is -0.496 e. The number of methoxy groups -OCH3 is 1. The third kappa shape index (κ3) is 3.68. The first-order valence-corrected chi connectivity index (χ1v) is 10.2. The monoisotopic (exact) mass is 449 g/mol. The smallest absolute Gasteiger partial charge is 0.496 e. The summed E-state index contributed by atoms with van der Waals surface area (Å²) in [4.78, 5) is 21.4. The number of alkyl halides is 3. The first kappa shape index (κ1) is 21.9. The molecule has 1 aromatic carbocycles. The zero-order valence-corrected chi connectivity index (χ0v) is 17.0. The topological polar surface area (TPSA) is 119 Å². The van der Waals surface area contributed by atoms with Gasteiger partial charge in [-0.3, -0.25) is 0 Å². The summed E-state index contributed by atoms with van der Waals surface area (Å²) in [6, 6.07) is 0.994. The number of carbonyl (C=O) groups is 1. The van der Waals surface area contributed by atoms with Gasteiger partial charge in [-0.25, -0.2) is 14.8 Å². The lowest BCUT2D eigenvalue weighted by atomic mass is 10.1. The molecule has 9 nitrogen and oxygen atoms in total. The number of nitrogens with zero attached hydrogens (tertiary/aromatic N) is 3. The van der Waals surface area contributed by atoms with Crippen LogP contribution in [0.15, 0.2) is 6.07 Å². The standard InChI is InChI=1S/C17H18F3N3O6S/c1-8-5-4-6-23(8)14-15(29-30(26,27)17(18,19)20)21-10-7-11(28-3)12(16(24)25)9(2)13(10)22-14/h7-8H,4-6H2,1-3H3,(H,24,25). The van der Waals surface area contributed by atoms with Crippen LogP contribution in [0.3, 0.4) is 0 Å². The van der Waals surface area contributed by atoms with Gasteiger partial charge in [-0.15, -0.1) is 0 Å². The van der Waals surface area contributed by atoms with Crippen molar-refractivity contribution in [3.8, 4) is 11.6 Å². The molecule has 164 valence electrons. The van der Waals surface area contributed by atoms with Crippen LogP contribution in [0.1, 0.15) is 35.7 Å². The lowest BCUT2D eigenvalue weighted by Crippen LogP contribution is -2.32. The van der Waals surface area contributed by atoms with Gasteiger partial charge in [-0.05, 0) is 32.3 Å². The van der Waals surface area contributed by atoms with Gasteiger partial charge in [0.1, 0.15) is 11.3 Å². The third-order valence-corrected chi connectivity index (χ3v) is 5.79. The summed E-state index contributed by atoms with van der Waals surface area (Å²) in [5.74, 6) is -2.43. The second-order valence-corrected chi connectivity index (χ2v) is 8.31. The molecule has 0 bridgehead atoms. The van der Waals surface area contributed by atoms with E-state index in [1.165, 1.54) is 14.0 Å². The van der Waals surface area contributed by atoms with E-state index in [-0.39, 0.29) is 39.8 Å². The van der Waals surface area contributed by atoms with Crippen molar-refractivity contribution in [3.63, 3.8) is 0 Å². The molecule has 30 heavy (non-hydrogen) atoms. The summed E-state index contributed by atoms with van der Waals surface area (Å²) in [5, 5.41) is 9.49. The second kappa shape index (κ2) is 7.45. The maximum Gasteiger partial charge on any atom is 0.534 e. The van der Waals surface area contributed by atoms with Gasteiger partial charge in [0.2, 0.25) is 0 Å². The lowest BCUT2D eigenvalue weighted by molar-refractivity contribution is -0.0501. The van der Waals surface area contributed by atoms with Gasteiger partial charge < -0.3 is 18.9 Å². The first-order chi connectivity index (χ1) is 13.9. The van der Waals surface area contributed by atoms with Crippen LogP contribution in [-0.2, 0) is 10.1 Å². The van der Waals surface area contributed by atoms with E-state index in [0.717, 1.165) is 6.07 Å². The Morgan fingerprint density at radius 2 is 2.00 bits per heavy atom. The highest BCUT2D eigenvalue weighted by Crippen LogP contribution is 2.38.